The first kappa shape index (κ1) is 16.9. The molecular formula is C16H25N3O3. The molecule has 0 aromatic heterocycles. The molecule has 1 aromatic rings. The van der Waals surface area contributed by atoms with Crippen molar-refractivity contribution in [2.24, 2.45) is 0 Å². The number of benzene rings is 1. The molecule has 0 spiro atoms. The Hall–Kier alpha value is -1.50. The number of rotatable bonds is 6. The lowest BCUT2D eigenvalue weighted by Crippen LogP contribution is -2.51. The second kappa shape index (κ2) is 7.67. The maximum absolute atomic E-state index is 10.7. The molecule has 1 fully saturated rings. The summed E-state index contributed by atoms with van der Waals surface area (Å²) in [7, 11) is 0. The minimum Gasteiger partial charge on any atom is -0.379 e. The predicted octanol–water partition coefficient (Wildman–Crippen LogP) is 2.35. The predicted molar refractivity (Wildman–Crippen MR) is 86.0 cm³/mol. The molecule has 0 aliphatic carbocycles. The van der Waals surface area contributed by atoms with Gasteiger partial charge in [0.2, 0.25) is 0 Å². The van der Waals surface area contributed by atoms with Gasteiger partial charge < -0.3 is 10.1 Å². The lowest BCUT2D eigenvalue weighted by atomic mass is 10.1. The van der Waals surface area contributed by atoms with Crippen LogP contribution in [0.2, 0.25) is 0 Å². The molecule has 1 aliphatic rings. The average Bonchev–Trinajstić information content (AvgIpc) is 2.52. The van der Waals surface area contributed by atoms with Crippen molar-refractivity contribution in [2.75, 3.05) is 26.3 Å². The summed E-state index contributed by atoms with van der Waals surface area (Å²) in [6.45, 7) is 9.93. The second-order valence-corrected chi connectivity index (χ2v) is 5.99. The third kappa shape index (κ3) is 4.25. The van der Waals surface area contributed by atoms with E-state index in [1.54, 1.807) is 12.1 Å². The first-order valence-electron chi connectivity index (χ1n) is 7.80. The lowest BCUT2D eigenvalue weighted by molar-refractivity contribution is -0.384. The van der Waals surface area contributed by atoms with E-state index in [-0.39, 0.29) is 16.7 Å². The molecule has 1 N–H and O–H groups in total. The second-order valence-electron chi connectivity index (χ2n) is 5.99. The van der Waals surface area contributed by atoms with E-state index >= 15 is 0 Å². The van der Waals surface area contributed by atoms with Gasteiger partial charge in [0.05, 0.1) is 18.1 Å². The fraction of sp³-hybridized carbons (Fsp3) is 0.625. The molecule has 122 valence electrons. The van der Waals surface area contributed by atoms with E-state index in [2.05, 4.69) is 31.0 Å². The number of nitro benzene ring substituents is 1. The van der Waals surface area contributed by atoms with E-state index in [1.165, 1.54) is 0 Å². The van der Waals surface area contributed by atoms with E-state index in [9.17, 15) is 10.1 Å². The highest BCUT2D eigenvalue weighted by Gasteiger charge is 2.23. The van der Waals surface area contributed by atoms with Crippen LogP contribution in [0.25, 0.3) is 0 Å². The van der Waals surface area contributed by atoms with Crippen LogP contribution in [0.4, 0.5) is 5.69 Å². The Labute approximate surface area is 131 Å². The van der Waals surface area contributed by atoms with Gasteiger partial charge >= 0.3 is 0 Å². The third-order valence-corrected chi connectivity index (χ3v) is 4.31. The van der Waals surface area contributed by atoms with Crippen LogP contribution >= 0.6 is 0 Å². The van der Waals surface area contributed by atoms with Gasteiger partial charge in [-0.1, -0.05) is 12.1 Å². The molecule has 6 heteroatoms. The zero-order valence-electron chi connectivity index (χ0n) is 13.5. The van der Waals surface area contributed by atoms with Gasteiger partial charge in [0.1, 0.15) is 0 Å². The van der Waals surface area contributed by atoms with Gasteiger partial charge in [-0.2, -0.15) is 0 Å². The Morgan fingerprint density at radius 1 is 1.41 bits per heavy atom. The molecule has 0 amide bonds. The van der Waals surface area contributed by atoms with E-state index in [1.807, 2.05) is 12.1 Å². The number of non-ortho nitro benzene ring substituents is 1. The molecule has 0 saturated carbocycles. The lowest BCUT2D eigenvalue weighted by Gasteiger charge is -2.38. The van der Waals surface area contributed by atoms with E-state index in [4.69, 9.17) is 4.74 Å². The quantitative estimate of drug-likeness (QED) is 0.645. The van der Waals surface area contributed by atoms with Crippen molar-refractivity contribution in [1.82, 2.24) is 10.2 Å². The van der Waals surface area contributed by atoms with Crippen LogP contribution in [0.15, 0.2) is 24.3 Å². The van der Waals surface area contributed by atoms with Crippen LogP contribution in [-0.4, -0.2) is 48.2 Å². The van der Waals surface area contributed by atoms with Gasteiger partial charge in [0.15, 0.2) is 0 Å². The van der Waals surface area contributed by atoms with Crippen molar-refractivity contribution in [2.45, 2.75) is 38.9 Å². The van der Waals surface area contributed by atoms with Crippen LogP contribution in [0.1, 0.15) is 32.4 Å². The van der Waals surface area contributed by atoms with E-state index in [0.29, 0.717) is 12.1 Å². The van der Waals surface area contributed by atoms with E-state index in [0.717, 1.165) is 31.9 Å². The summed E-state index contributed by atoms with van der Waals surface area (Å²) in [4.78, 5) is 12.8. The monoisotopic (exact) mass is 307 g/mol. The molecule has 2 rings (SSSR count). The third-order valence-electron chi connectivity index (χ3n) is 4.31. The molecule has 1 saturated heterocycles. The Bertz CT molecular complexity index is 492. The fourth-order valence-corrected chi connectivity index (χ4v) is 2.86. The fourth-order valence-electron chi connectivity index (χ4n) is 2.86. The first-order chi connectivity index (χ1) is 10.5. The van der Waals surface area contributed by atoms with Gasteiger partial charge in [0.25, 0.3) is 5.69 Å². The van der Waals surface area contributed by atoms with Gasteiger partial charge in [-0.15, -0.1) is 0 Å². The Morgan fingerprint density at radius 3 is 2.68 bits per heavy atom. The van der Waals surface area contributed by atoms with Crippen molar-refractivity contribution in [3.63, 3.8) is 0 Å². The molecule has 1 aliphatic heterocycles. The Balaban J connectivity index is 1.86. The highest BCUT2D eigenvalue weighted by molar-refractivity contribution is 5.34. The molecule has 3 atom stereocenters. The number of hydrogen-bond donors (Lipinski definition) is 1. The molecule has 1 aromatic carbocycles. The largest absolute Gasteiger partial charge is 0.379 e. The van der Waals surface area contributed by atoms with Gasteiger partial charge in [-0.25, -0.2) is 0 Å². The van der Waals surface area contributed by atoms with Crippen LogP contribution < -0.4 is 5.32 Å². The number of ether oxygens (including phenoxy) is 1. The molecular weight excluding hydrogens is 282 g/mol. The first-order valence-corrected chi connectivity index (χ1v) is 7.80. The van der Waals surface area contributed by atoms with Gasteiger partial charge in [0, 0.05) is 43.3 Å². The van der Waals surface area contributed by atoms with Gasteiger partial charge in [-0.3, -0.25) is 15.0 Å². The molecule has 0 unspecified atom stereocenters. The summed E-state index contributed by atoms with van der Waals surface area (Å²) >= 11 is 0. The summed E-state index contributed by atoms with van der Waals surface area (Å²) in [5.74, 6) is 0. The molecule has 0 radical (unpaired) electrons. The zero-order valence-corrected chi connectivity index (χ0v) is 13.5. The Kier molecular flexibility index (Phi) is 5.88. The molecule has 22 heavy (non-hydrogen) atoms. The average molecular weight is 307 g/mol. The summed E-state index contributed by atoms with van der Waals surface area (Å²) < 4.78 is 5.47. The van der Waals surface area contributed by atoms with Crippen LogP contribution in [-0.2, 0) is 4.74 Å². The maximum atomic E-state index is 10.7. The van der Waals surface area contributed by atoms with Crippen molar-refractivity contribution in [3.05, 3.63) is 39.9 Å². The van der Waals surface area contributed by atoms with Crippen LogP contribution in [0, 0.1) is 10.1 Å². The zero-order chi connectivity index (χ0) is 16.1. The number of nitrogens with one attached hydrogen (secondary N) is 1. The number of nitro groups is 1. The smallest absolute Gasteiger partial charge is 0.269 e. The minimum absolute atomic E-state index is 0.131. The molecule has 1 heterocycles. The number of nitrogens with zero attached hydrogens (tertiary/aromatic N) is 2. The SMILES string of the molecule is C[C@H](NC[C@H](C)N1CCOC[C@H]1C)c1ccc([N+](=O)[O-])cc1. The summed E-state index contributed by atoms with van der Waals surface area (Å²) in [5, 5.41) is 14.2. The van der Waals surface area contributed by atoms with Gasteiger partial charge in [-0.05, 0) is 26.3 Å². The highest BCUT2D eigenvalue weighted by Crippen LogP contribution is 2.18. The molecule has 6 nitrogen and oxygen atoms in total. The van der Waals surface area contributed by atoms with Crippen molar-refractivity contribution >= 4 is 5.69 Å². The Morgan fingerprint density at radius 2 is 2.09 bits per heavy atom. The molecule has 0 bridgehead atoms. The summed E-state index contributed by atoms with van der Waals surface area (Å²) in [6, 6.07) is 7.79. The van der Waals surface area contributed by atoms with E-state index < -0.39 is 0 Å². The minimum atomic E-state index is -0.371. The van der Waals surface area contributed by atoms with Crippen molar-refractivity contribution in [1.29, 1.82) is 0 Å². The maximum Gasteiger partial charge on any atom is 0.269 e. The van der Waals surface area contributed by atoms with Crippen LogP contribution in [0.3, 0.4) is 0 Å². The highest BCUT2D eigenvalue weighted by atomic mass is 16.6. The van der Waals surface area contributed by atoms with Crippen LogP contribution in [0.5, 0.6) is 0 Å². The summed E-state index contributed by atoms with van der Waals surface area (Å²) in [6.07, 6.45) is 0. The number of hydrogen-bond acceptors (Lipinski definition) is 5. The number of morpholine rings is 1. The topological polar surface area (TPSA) is 67.6 Å². The standard InChI is InChI=1S/C16H25N3O3/c1-12(18-8-9-22-11-13(18)2)10-17-14(3)15-4-6-16(7-5-15)19(20)21/h4-7,12-14,17H,8-11H2,1-3H3/t12-,13+,14-/m0/s1. The van der Waals surface area contributed by atoms with Crippen molar-refractivity contribution < 1.29 is 9.66 Å². The van der Waals surface area contributed by atoms with Crippen molar-refractivity contribution in [3.8, 4) is 0 Å². The summed E-state index contributed by atoms with van der Waals surface area (Å²) in [5.41, 5.74) is 1.19. The normalized spacial score (nSPS) is 22.2.